The third-order valence-corrected chi connectivity index (χ3v) is 0.856. The van der Waals surface area contributed by atoms with Gasteiger partial charge in [-0.05, 0) is 6.08 Å². The molecule has 0 heterocycles. The Bertz CT molecular complexity index is 128. The Balaban J connectivity index is 3.02. The van der Waals surface area contributed by atoms with Gasteiger partial charge in [-0.15, -0.1) is 6.58 Å². The lowest BCUT2D eigenvalue weighted by Crippen LogP contribution is -1.90. The third kappa shape index (κ3) is 8.98. The normalized spacial score (nSPS) is 9.82. The van der Waals surface area contributed by atoms with Crippen LogP contribution in [0.25, 0.3) is 0 Å². The quantitative estimate of drug-likeness (QED) is 0.317. The lowest BCUT2D eigenvalue weighted by atomic mass is 10.6. The minimum atomic E-state index is 0.540. The number of hydrogen-bond acceptors (Lipinski definition) is 2. The summed E-state index contributed by atoms with van der Waals surface area (Å²) < 4.78 is 10.0. The molecule has 0 N–H and O–H groups in total. The van der Waals surface area contributed by atoms with Gasteiger partial charge in [-0.1, -0.05) is 18.7 Å². The Hall–Kier alpha value is -1.02. The van der Waals surface area contributed by atoms with Crippen LogP contribution >= 0.6 is 0 Å². The molecule has 0 aliphatic heterocycles. The summed E-state index contributed by atoms with van der Waals surface area (Å²) in [4.78, 5) is 0. The van der Waals surface area contributed by atoms with E-state index in [0.717, 1.165) is 0 Å². The molecule has 0 aromatic rings. The van der Waals surface area contributed by atoms with Crippen molar-refractivity contribution in [3.8, 4) is 0 Å². The fraction of sp³-hybridized carbons (Fsp3) is 0.333. The van der Waals surface area contributed by atoms with E-state index < -0.39 is 0 Å². The molecule has 0 spiro atoms. The van der Waals surface area contributed by atoms with E-state index >= 15 is 0 Å². The van der Waals surface area contributed by atoms with Crippen molar-refractivity contribution in [2.24, 2.45) is 0 Å². The number of rotatable bonds is 7. The zero-order valence-electron chi connectivity index (χ0n) is 6.66. The van der Waals surface area contributed by atoms with Crippen LogP contribution in [-0.2, 0) is 9.47 Å². The topological polar surface area (TPSA) is 18.5 Å². The molecule has 62 valence electrons. The maximum atomic E-state index is 5.05. The molecule has 0 rings (SSSR count). The minimum Gasteiger partial charge on any atom is -0.497 e. The third-order valence-electron chi connectivity index (χ3n) is 0.856. The Morgan fingerprint density at radius 2 is 1.73 bits per heavy atom. The van der Waals surface area contributed by atoms with E-state index in [-0.39, 0.29) is 0 Å². The first-order valence-electron chi connectivity index (χ1n) is 3.48. The number of hydrogen-bond donors (Lipinski definition) is 0. The summed E-state index contributed by atoms with van der Waals surface area (Å²) in [5, 5.41) is 0. The van der Waals surface area contributed by atoms with Crippen LogP contribution in [-0.4, -0.2) is 19.8 Å². The lowest BCUT2D eigenvalue weighted by molar-refractivity contribution is 0.190. The molecule has 0 atom stereocenters. The standard InChI is InChI=1S/C9H14O2/c1-3-6-10-8-5-9-11-7-4-2/h3-5,8H,1-2,6-7,9H2. The zero-order chi connectivity index (χ0) is 8.36. The molecule has 0 aromatic carbocycles. The predicted molar refractivity (Wildman–Crippen MR) is 46.3 cm³/mol. The summed E-state index contributed by atoms with van der Waals surface area (Å²) in [7, 11) is 0. The van der Waals surface area contributed by atoms with E-state index in [4.69, 9.17) is 9.47 Å². The second kappa shape index (κ2) is 8.98. The van der Waals surface area contributed by atoms with Crippen molar-refractivity contribution in [1.29, 1.82) is 0 Å². The van der Waals surface area contributed by atoms with Gasteiger partial charge in [0.1, 0.15) is 6.61 Å². The highest BCUT2D eigenvalue weighted by molar-refractivity contribution is 4.76. The van der Waals surface area contributed by atoms with Crippen molar-refractivity contribution in [3.05, 3.63) is 37.6 Å². The molecule has 0 saturated heterocycles. The Morgan fingerprint density at radius 3 is 2.36 bits per heavy atom. The van der Waals surface area contributed by atoms with Crippen molar-refractivity contribution in [2.75, 3.05) is 19.8 Å². The van der Waals surface area contributed by atoms with E-state index in [1.165, 1.54) is 0 Å². The maximum absolute atomic E-state index is 5.05. The summed E-state index contributed by atoms with van der Waals surface area (Å²) >= 11 is 0. The molecule has 0 radical (unpaired) electrons. The Labute approximate surface area is 67.8 Å². The Morgan fingerprint density at radius 1 is 1.00 bits per heavy atom. The van der Waals surface area contributed by atoms with Gasteiger partial charge in [-0.2, -0.15) is 0 Å². The van der Waals surface area contributed by atoms with E-state index in [1.807, 2.05) is 0 Å². The summed E-state index contributed by atoms with van der Waals surface area (Å²) in [5.41, 5.74) is 0. The fourth-order valence-electron chi connectivity index (χ4n) is 0.450. The van der Waals surface area contributed by atoms with Crippen LogP contribution in [0.4, 0.5) is 0 Å². The molecule has 0 aliphatic carbocycles. The lowest BCUT2D eigenvalue weighted by Gasteiger charge is -1.94. The Kier molecular flexibility index (Phi) is 8.15. The molecule has 2 nitrogen and oxygen atoms in total. The molecule has 0 aromatic heterocycles. The van der Waals surface area contributed by atoms with Crippen LogP contribution in [0, 0.1) is 0 Å². The van der Waals surface area contributed by atoms with E-state index in [0.29, 0.717) is 19.8 Å². The molecule has 0 fully saturated rings. The van der Waals surface area contributed by atoms with Crippen molar-refractivity contribution in [1.82, 2.24) is 0 Å². The van der Waals surface area contributed by atoms with Gasteiger partial charge in [-0.25, -0.2) is 0 Å². The molecule has 0 bridgehead atoms. The van der Waals surface area contributed by atoms with Crippen molar-refractivity contribution in [2.45, 2.75) is 0 Å². The van der Waals surface area contributed by atoms with E-state index in [1.54, 1.807) is 24.5 Å². The van der Waals surface area contributed by atoms with Crippen molar-refractivity contribution in [3.63, 3.8) is 0 Å². The fourth-order valence-corrected chi connectivity index (χ4v) is 0.450. The smallest absolute Gasteiger partial charge is 0.105 e. The van der Waals surface area contributed by atoms with Crippen LogP contribution in [0.5, 0.6) is 0 Å². The zero-order valence-corrected chi connectivity index (χ0v) is 6.66. The predicted octanol–water partition coefficient (Wildman–Crippen LogP) is 1.91. The van der Waals surface area contributed by atoms with Crippen LogP contribution < -0.4 is 0 Å². The van der Waals surface area contributed by atoms with Crippen LogP contribution in [0.3, 0.4) is 0 Å². The summed E-state index contributed by atoms with van der Waals surface area (Å²) in [6.07, 6.45) is 6.80. The molecule has 11 heavy (non-hydrogen) atoms. The largest absolute Gasteiger partial charge is 0.497 e. The first kappa shape index (κ1) is 9.98. The summed E-state index contributed by atoms with van der Waals surface area (Å²) in [5.74, 6) is 0. The van der Waals surface area contributed by atoms with E-state index in [2.05, 4.69) is 13.2 Å². The SMILES string of the molecule is C=CCOC=CCOCC=C. The molecule has 0 unspecified atom stereocenters. The van der Waals surface area contributed by atoms with Crippen molar-refractivity contribution >= 4 is 0 Å². The number of ether oxygens (including phenoxy) is 2. The first-order chi connectivity index (χ1) is 5.41. The molecule has 2 heteroatoms. The highest BCUT2D eigenvalue weighted by atomic mass is 16.5. The van der Waals surface area contributed by atoms with Crippen LogP contribution in [0.1, 0.15) is 0 Å². The summed E-state index contributed by atoms with van der Waals surface area (Å²) in [6, 6.07) is 0. The first-order valence-corrected chi connectivity index (χ1v) is 3.48. The van der Waals surface area contributed by atoms with Crippen LogP contribution in [0.2, 0.25) is 0 Å². The molecule has 0 aliphatic rings. The highest BCUT2D eigenvalue weighted by Crippen LogP contribution is 1.80. The van der Waals surface area contributed by atoms with Gasteiger partial charge in [0.25, 0.3) is 0 Å². The van der Waals surface area contributed by atoms with Crippen LogP contribution in [0.15, 0.2) is 37.6 Å². The minimum absolute atomic E-state index is 0.540. The van der Waals surface area contributed by atoms with Gasteiger partial charge < -0.3 is 9.47 Å². The highest BCUT2D eigenvalue weighted by Gasteiger charge is 1.76. The van der Waals surface area contributed by atoms with Gasteiger partial charge in [-0.3, -0.25) is 0 Å². The monoisotopic (exact) mass is 154 g/mol. The molecular weight excluding hydrogens is 140 g/mol. The summed E-state index contributed by atoms with van der Waals surface area (Å²) in [6.45, 7) is 8.69. The second-order valence-electron chi connectivity index (χ2n) is 1.82. The second-order valence-corrected chi connectivity index (χ2v) is 1.82. The van der Waals surface area contributed by atoms with Gasteiger partial charge in [0.05, 0.1) is 19.5 Å². The molecule has 0 amide bonds. The maximum Gasteiger partial charge on any atom is 0.105 e. The van der Waals surface area contributed by atoms with E-state index in [9.17, 15) is 0 Å². The average Bonchev–Trinajstić information content (AvgIpc) is 2.03. The van der Waals surface area contributed by atoms with Gasteiger partial charge in [0.2, 0.25) is 0 Å². The van der Waals surface area contributed by atoms with Gasteiger partial charge >= 0.3 is 0 Å². The average molecular weight is 154 g/mol. The van der Waals surface area contributed by atoms with Gasteiger partial charge in [0, 0.05) is 0 Å². The molecule has 0 saturated carbocycles. The van der Waals surface area contributed by atoms with Crippen molar-refractivity contribution < 1.29 is 9.47 Å². The van der Waals surface area contributed by atoms with Gasteiger partial charge in [0.15, 0.2) is 0 Å². The molecular formula is C9H14O2.